The molecule has 0 atom stereocenters. The number of carbonyl (C=O) groups excluding carboxylic acids is 2. The minimum absolute atomic E-state index is 0.0611. The number of nitrogens with zero attached hydrogens (tertiary/aromatic N) is 5. The fourth-order valence-corrected chi connectivity index (χ4v) is 3.60. The lowest BCUT2D eigenvalue weighted by Crippen LogP contribution is -2.33. The van der Waals surface area contributed by atoms with E-state index >= 15 is 0 Å². The Morgan fingerprint density at radius 3 is 2.27 bits per heavy atom. The van der Waals surface area contributed by atoms with Crippen LogP contribution in [0.3, 0.4) is 0 Å². The van der Waals surface area contributed by atoms with E-state index in [9.17, 15) is 9.59 Å². The molecule has 1 aliphatic heterocycles. The Hall–Kier alpha value is -3.61. The van der Waals surface area contributed by atoms with Crippen LogP contribution in [0.2, 0.25) is 0 Å². The summed E-state index contributed by atoms with van der Waals surface area (Å²) in [5.41, 5.74) is 3.29. The van der Waals surface area contributed by atoms with Crippen molar-refractivity contribution in [2.75, 3.05) is 19.0 Å². The monoisotopic (exact) mass is 401 g/mol. The SMILES string of the molecule is Cc1ncc(-c2ccc3c(c2)N(c2ccc(C(=O)N(C)C)cn2)C(=O)C3(C)C)cn1. The van der Waals surface area contributed by atoms with Crippen LogP contribution in [-0.2, 0) is 10.2 Å². The van der Waals surface area contributed by atoms with E-state index in [0.717, 1.165) is 22.4 Å². The molecule has 2 aromatic heterocycles. The first kappa shape index (κ1) is 19.7. The van der Waals surface area contributed by atoms with E-state index in [1.165, 1.54) is 11.1 Å². The maximum atomic E-state index is 13.3. The number of aryl methyl sites for hydroxylation is 1. The lowest BCUT2D eigenvalue weighted by Gasteiger charge is -2.20. The van der Waals surface area contributed by atoms with E-state index in [1.54, 1.807) is 43.5 Å². The van der Waals surface area contributed by atoms with Gasteiger partial charge in [-0.2, -0.15) is 0 Å². The first-order valence-electron chi connectivity index (χ1n) is 9.66. The molecular weight excluding hydrogens is 378 g/mol. The summed E-state index contributed by atoms with van der Waals surface area (Å²) in [6.45, 7) is 5.66. The lowest BCUT2D eigenvalue weighted by molar-refractivity contribution is -0.121. The van der Waals surface area contributed by atoms with Crippen molar-refractivity contribution >= 4 is 23.3 Å². The first-order chi connectivity index (χ1) is 14.2. The quantitative estimate of drug-likeness (QED) is 0.671. The second-order valence-electron chi connectivity index (χ2n) is 8.12. The topological polar surface area (TPSA) is 79.3 Å². The van der Waals surface area contributed by atoms with Crippen LogP contribution in [0, 0.1) is 6.92 Å². The Morgan fingerprint density at radius 1 is 0.967 bits per heavy atom. The maximum Gasteiger partial charge on any atom is 0.254 e. The van der Waals surface area contributed by atoms with Crippen molar-refractivity contribution in [3.05, 3.63) is 65.9 Å². The number of benzene rings is 1. The molecule has 7 nitrogen and oxygen atoms in total. The molecule has 7 heteroatoms. The number of fused-ring (bicyclic) bond motifs is 1. The van der Waals surface area contributed by atoms with Gasteiger partial charge in [0.05, 0.1) is 16.7 Å². The number of amides is 2. The minimum atomic E-state index is -0.683. The number of hydrogen-bond donors (Lipinski definition) is 0. The van der Waals surface area contributed by atoms with Crippen LogP contribution in [0.15, 0.2) is 48.9 Å². The molecule has 0 saturated heterocycles. The molecule has 30 heavy (non-hydrogen) atoms. The van der Waals surface area contributed by atoms with Crippen molar-refractivity contribution in [3.8, 4) is 11.1 Å². The van der Waals surface area contributed by atoms with Crippen molar-refractivity contribution in [2.24, 2.45) is 0 Å². The summed E-state index contributed by atoms with van der Waals surface area (Å²) < 4.78 is 0. The van der Waals surface area contributed by atoms with Crippen molar-refractivity contribution in [1.29, 1.82) is 0 Å². The van der Waals surface area contributed by atoms with Gasteiger partial charge in [-0.05, 0) is 50.1 Å². The fraction of sp³-hybridized carbons (Fsp3) is 0.261. The molecule has 3 heterocycles. The van der Waals surface area contributed by atoms with Gasteiger partial charge in [-0.25, -0.2) is 15.0 Å². The number of carbonyl (C=O) groups is 2. The van der Waals surface area contributed by atoms with Crippen LogP contribution in [-0.4, -0.2) is 45.8 Å². The predicted molar refractivity (Wildman–Crippen MR) is 115 cm³/mol. The average Bonchev–Trinajstić information content (AvgIpc) is 2.93. The van der Waals surface area contributed by atoms with Gasteiger partial charge in [0.15, 0.2) is 0 Å². The van der Waals surface area contributed by atoms with Gasteiger partial charge in [-0.15, -0.1) is 0 Å². The molecule has 1 aliphatic rings. The summed E-state index contributed by atoms with van der Waals surface area (Å²) in [5, 5.41) is 0. The number of pyridine rings is 1. The molecule has 3 aromatic rings. The smallest absolute Gasteiger partial charge is 0.254 e. The third-order valence-electron chi connectivity index (χ3n) is 5.39. The molecule has 152 valence electrons. The van der Waals surface area contributed by atoms with Crippen molar-refractivity contribution in [1.82, 2.24) is 19.9 Å². The van der Waals surface area contributed by atoms with Crippen LogP contribution >= 0.6 is 0 Å². The summed E-state index contributed by atoms with van der Waals surface area (Å²) in [6, 6.07) is 9.34. The van der Waals surface area contributed by atoms with Crippen LogP contribution < -0.4 is 4.90 Å². The summed E-state index contributed by atoms with van der Waals surface area (Å²) in [5.74, 6) is 0.993. The third-order valence-corrected chi connectivity index (χ3v) is 5.39. The second kappa shape index (κ2) is 7.02. The molecule has 1 aromatic carbocycles. The summed E-state index contributed by atoms with van der Waals surface area (Å²) in [7, 11) is 3.38. The van der Waals surface area contributed by atoms with Crippen molar-refractivity contribution in [3.63, 3.8) is 0 Å². The Kier molecular flexibility index (Phi) is 4.61. The fourth-order valence-electron chi connectivity index (χ4n) is 3.60. The van der Waals surface area contributed by atoms with E-state index in [4.69, 9.17) is 0 Å². The Balaban J connectivity index is 1.79. The highest BCUT2D eigenvalue weighted by Crippen LogP contribution is 2.46. The zero-order valence-corrected chi connectivity index (χ0v) is 17.7. The molecule has 0 bridgehead atoms. The highest BCUT2D eigenvalue weighted by atomic mass is 16.2. The van der Waals surface area contributed by atoms with Crippen LogP contribution in [0.1, 0.15) is 35.6 Å². The Bertz CT molecular complexity index is 1140. The van der Waals surface area contributed by atoms with Crippen LogP contribution in [0.25, 0.3) is 11.1 Å². The molecule has 0 aliphatic carbocycles. The largest absolute Gasteiger partial charge is 0.345 e. The normalized spacial score (nSPS) is 14.6. The van der Waals surface area contributed by atoms with E-state index in [-0.39, 0.29) is 11.8 Å². The van der Waals surface area contributed by atoms with Gasteiger partial charge < -0.3 is 4.90 Å². The zero-order chi connectivity index (χ0) is 21.6. The molecule has 0 fully saturated rings. The van der Waals surface area contributed by atoms with Gasteiger partial charge in [-0.1, -0.05) is 12.1 Å². The second-order valence-corrected chi connectivity index (χ2v) is 8.12. The van der Waals surface area contributed by atoms with Crippen LogP contribution in [0.5, 0.6) is 0 Å². The van der Waals surface area contributed by atoms with E-state index in [2.05, 4.69) is 15.0 Å². The van der Waals surface area contributed by atoms with Gasteiger partial charge in [0, 0.05) is 38.2 Å². The maximum absolute atomic E-state index is 13.3. The molecule has 0 radical (unpaired) electrons. The highest BCUT2D eigenvalue weighted by molar-refractivity contribution is 6.12. The molecule has 0 N–H and O–H groups in total. The van der Waals surface area contributed by atoms with Gasteiger partial charge in [-0.3, -0.25) is 14.5 Å². The molecule has 2 amide bonds. The summed E-state index contributed by atoms with van der Waals surface area (Å²) >= 11 is 0. The first-order valence-corrected chi connectivity index (χ1v) is 9.66. The number of anilines is 2. The molecule has 0 spiro atoms. The minimum Gasteiger partial charge on any atom is -0.345 e. The van der Waals surface area contributed by atoms with Gasteiger partial charge in [0.25, 0.3) is 5.91 Å². The Morgan fingerprint density at radius 2 is 1.67 bits per heavy atom. The van der Waals surface area contributed by atoms with Crippen LogP contribution in [0.4, 0.5) is 11.5 Å². The van der Waals surface area contributed by atoms with E-state index < -0.39 is 5.41 Å². The summed E-state index contributed by atoms with van der Waals surface area (Å²) in [4.78, 5) is 41.5. The average molecular weight is 401 g/mol. The standard InChI is InChI=1S/C23H23N5O2/c1-14-24-12-17(13-25-14)15-6-8-18-19(10-15)28(22(30)23(18,2)3)20-9-7-16(11-26-20)21(29)27(4)5/h6-13H,1-5H3. The molecule has 0 saturated carbocycles. The van der Waals surface area contributed by atoms with Crippen molar-refractivity contribution < 1.29 is 9.59 Å². The highest BCUT2D eigenvalue weighted by Gasteiger charge is 2.45. The van der Waals surface area contributed by atoms with E-state index in [1.807, 2.05) is 39.0 Å². The van der Waals surface area contributed by atoms with Gasteiger partial charge in [0.2, 0.25) is 5.91 Å². The lowest BCUT2D eigenvalue weighted by atomic mass is 9.85. The Labute approximate surface area is 175 Å². The molecular formula is C23H23N5O2. The van der Waals surface area contributed by atoms with Gasteiger partial charge >= 0.3 is 0 Å². The molecule has 0 unspecified atom stereocenters. The number of hydrogen-bond acceptors (Lipinski definition) is 5. The zero-order valence-electron chi connectivity index (χ0n) is 17.7. The number of aromatic nitrogens is 3. The number of rotatable bonds is 3. The van der Waals surface area contributed by atoms with Gasteiger partial charge in [0.1, 0.15) is 11.6 Å². The third kappa shape index (κ3) is 3.12. The van der Waals surface area contributed by atoms with E-state index in [0.29, 0.717) is 17.2 Å². The van der Waals surface area contributed by atoms with Crippen molar-refractivity contribution in [2.45, 2.75) is 26.2 Å². The summed E-state index contributed by atoms with van der Waals surface area (Å²) in [6.07, 6.45) is 5.06. The predicted octanol–water partition coefficient (Wildman–Crippen LogP) is 3.50. The molecule has 4 rings (SSSR count).